The summed E-state index contributed by atoms with van der Waals surface area (Å²) in [5.41, 5.74) is 4.72. The number of H-pyrrole nitrogens is 1. The molecular formula is C23H20N4O2S. The molecule has 0 unspecified atom stereocenters. The Labute approximate surface area is 177 Å². The van der Waals surface area contributed by atoms with Crippen molar-refractivity contribution in [1.82, 2.24) is 9.38 Å². The van der Waals surface area contributed by atoms with E-state index in [4.69, 9.17) is 0 Å². The van der Waals surface area contributed by atoms with Crippen molar-refractivity contribution < 1.29 is 4.79 Å². The molecule has 2 heterocycles. The molecule has 150 valence electrons. The predicted molar refractivity (Wildman–Crippen MR) is 121 cm³/mol. The Morgan fingerprint density at radius 1 is 1.23 bits per heavy atom. The Morgan fingerprint density at radius 3 is 2.70 bits per heavy atom. The molecular weight excluding hydrogens is 396 g/mol. The summed E-state index contributed by atoms with van der Waals surface area (Å²) in [4.78, 5) is 28.4. The molecule has 0 spiro atoms. The van der Waals surface area contributed by atoms with Gasteiger partial charge in [-0.05, 0) is 43.7 Å². The molecule has 4 aromatic rings. The van der Waals surface area contributed by atoms with Gasteiger partial charge in [-0.3, -0.25) is 14.0 Å². The first-order chi connectivity index (χ1) is 14.5. The van der Waals surface area contributed by atoms with Crippen LogP contribution in [0.3, 0.4) is 0 Å². The summed E-state index contributed by atoms with van der Waals surface area (Å²) < 4.78 is 1.52. The van der Waals surface area contributed by atoms with Gasteiger partial charge in [0.25, 0.3) is 5.56 Å². The standard InChI is InChI=1S/C23H20N4O2S/c1-14-7-9-17(10-8-14)25-23(29)15(2)30-13-16-11-21(28)27-20-6-4-3-5-19(20)26-22(27)18(16)12-24/h3-11,15,26H,13H2,1-2H3,(H,25,29)/t15-/m1/s1. The van der Waals surface area contributed by atoms with Crippen molar-refractivity contribution in [2.75, 3.05) is 5.32 Å². The zero-order chi connectivity index (χ0) is 21.3. The lowest BCUT2D eigenvalue weighted by molar-refractivity contribution is -0.115. The van der Waals surface area contributed by atoms with E-state index in [0.29, 0.717) is 22.5 Å². The summed E-state index contributed by atoms with van der Waals surface area (Å²) in [5, 5.41) is 12.3. The number of benzene rings is 2. The smallest absolute Gasteiger partial charge is 0.257 e. The number of amides is 1. The molecule has 1 atom stereocenters. The van der Waals surface area contributed by atoms with E-state index in [-0.39, 0.29) is 16.7 Å². The fourth-order valence-electron chi connectivity index (χ4n) is 3.33. The van der Waals surface area contributed by atoms with Crippen molar-refractivity contribution in [3.63, 3.8) is 0 Å². The van der Waals surface area contributed by atoms with Crippen LogP contribution in [-0.4, -0.2) is 20.5 Å². The van der Waals surface area contributed by atoms with Crippen LogP contribution in [0, 0.1) is 18.3 Å². The number of imidazole rings is 1. The van der Waals surface area contributed by atoms with Gasteiger partial charge in [0.2, 0.25) is 5.91 Å². The Morgan fingerprint density at radius 2 is 1.97 bits per heavy atom. The van der Waals surface area contributed by atoms with E-state index in [1.165, 1.54) is 22.2 Å². The van der Waals surface area contributed by atoms with Crippen LogP contribution in [0.25, 0.3) is 16.7 Å². The normalized spacial score (nSPS) is 12.0. The van der Waals surface area contributed by atoms with Gasteiger partial charge in [0.15, 0.2) is 0 Å². The monoisotopic (exact) mass is 416 g/mol. The molecule has 6 nitrogen and oxygen atoms in total. The third kappa shape index (κ3) is 3.70. The first-order valence-electron chi connectivity index (χ1n) is 9.52. The molecule has 0 aliphatic heterocycles. The highest BCUT2D eigenvalue weighted by molar-refractivity contribution is 7.99. The van der Waals surface area contributed by atoms with E-state index in [0.717, 1.165) is 22.3 Å². The quantitative estimate of drug-likeness (QED) is 0.510. The summed E-state index contributed by atoms with van der Waals surface area (Å²) in [6.07, 6.45) is 0. The molecule has 0 aliphatic carbocycles. The van der Waals surface area contributed by atoms with Crippen LogP contribution in [0.4, 0.5) is 5.69 Å². The zero-order valence-electron chi connectivity index (χ0n) is 16.6. The highest BCUT2D eigenvalue weighted by Crippen LogP contribution is 2.24. The van der Waals surface area contributed by atoms with E-state index in [2.05, 4.69) is 16.4 Å². The maximum atomic E-state index is 12.7. The fraction of sp³-hybridized carbons (Fsp3) is 0.174. The van der Waals surface area contributed by atoms with Crippen molar-refractivity contribution in [2.45, 2.75) is 24.9 Å². The molecule has 30 heavy (non-hydrogen) atoms. The van der Waals surface area contributed by atoms with Crippen molar-refractivity contribution in [1.29, 1.82) is 5.26 Å². The molecule has 0 radical (unpaired) electrons. The van der Waals surface area contributed by atoms with E-state index in [1.807, 2.05) is 62.4 Å². The maximum absolute atomic E-state index is 12.7. The Bertz CT molecular complexity index is 1350. The number of anilines is 1. The van der Waals surface area contributed by atoms with Gasteiger partial charge in [0, 0.05) is 17.5 Å². The Kier molecular flexibility index (Phi) is 5.34. The average molecular weight is 417 g/mol. The highest BCUT2D eigenvalue weighted by atomic mass is 32.2. The van der Waals surface area contributed by atoms with Crippen molar-refractivity contribution in [3.05, 3.63) is 81.6 Å². The third-order valence-electron chi connectivity index (χ3n) is 4.99. The van der Waals surface area contributed by atoms with Gasteiger partial charge in [0.05, 0.1) is 21.8 Å². The number of fused-ring (bicyclic) bond motifs is 3. The van der Waals surface area contributed by atoms with E-state index >= 15 is 0 Å². The predicted octanol–water partition coefficient (Wildman–Crippen LogP) is 4.22. The summed E-state index contributed by atoms with van der Waals surface area (Å²) in [5.74, 6) is 0.262. The molecule has 0 bridgehead atoms. The van der Waals surface area contributed by atoms with Gasteiger partial charge >= 0.3 is 0 Å². The number of aromatic amines is 1. The van der Waals surface area contributed by atoms with E-state index in [9.17, 15) is 14.9 Å². The second-order valence-electron chi connectivity index (χ2n) is 7.13. The van der Waals surface area contributed by atoms with Crippen LogP contribution < -0.4 is 10.9 Å². The number of pyridine rings is 1. The Balaban J connectivity index is 1.57. The van der Waals surface area contributed by atoms with Gasteiger partial charge in [0.1, 0.15) is 11.7 Å². The first kappa shape index (κ1) is 19.8. The van der Waals surface area contributed by atoms with E-state index in [1.54, 1.807) is 0 Å². The largest absolute Gasteiger partial charge is 0.338 e. The van der Waals surface area contributed by atoms with Gasteiger partial charge in [-0.1, -0.05) is 29.8 Å². The molecule has 0 fully saturated rings. The number of nitrogens with one attached hydrogen (secondary N) is 2. The summed E-state index contributed by atoms with van der Waals surface area (Å²) in [6.45, 7) is 3.80. The number of hydrogen-bond donors (Lipinski definition) is 2. The minimum Gasteiger partial charge on any atom is -0.338 e. The molecule has 0 aliphatic rings. The van der Waals surface area contributed by atoms with Gasteiger partial charge in [-0.2, -0.15) is 5.26 Å². The second-order valence-corrected chi connectivity index (χ2v) is 8.46. The molecule has 4 rings (SSSR count). The lowest BCUT2D eigenvalue weighted by atomic mass is 10.1. The third-order valence-corrected chi connectivity index (χ3v) is 6.18. The minimum absolute atomic E-state index is 0.120. The fourth-order valence-corrected chi connectivity index (χ4v) is 4.20. The number of thioether (sulfide) groups is 1. The first-order valence-corrected chi connectivity index (χ1v) is 10.6. The van der Waals surface area contributed by atoms with E-state index < -0.39 is 0 Å². The molecule has 2 aromatic heterocycles. The van der Waals surface area contributed by atoms with Gasteiger partial charge in [-0.25, -0.2) is 0 Å². The summed E-state index contributed by atoms with van der Waals surface area (Å²) in [7, 11) is 0. The topological polar surface area (TPSA) is 90.2 Å². The van der Waals surface area contributed by atoms with Crippen molar-refractivity contribution in [2.24, 2.45) is 0 Å². The molecule has 7 heteroatoms. The molecule has 2 aromatic carbocycles. The average Bonchev–Trinajstić information content (AvgIpc) is 3.13. The van der Waals surface area contributed by atoms with Crippen LogP contribution in [-0.2, 0) is 10.5 Å². The van der Waals surface area contributed by atoms with Crippen LogP contribution in [0.1, 0.15) is 23.6 Å². The SMILES string of the molecule is Cc1ccc(NC(=O)[C@@H](C)SCc2cc(=O)n3c([nH]c4ccccc43)c2C#N)cc1. The molecule has 1 amide bonds. The number of carbonyl (C=O) groups is 1. The summed E-state index contributed by atoms with van der Waals surface area (Å²) >= 11 is 1.39. The second kappa shape index (κ2) is 8.09. The maximum Gasteiger partial charge on any atom is 0.257 e. The molecule has 0 saturated carbocycles. The number of rotatable bonds is 5. The van der Waals surface area contributed by atoms with Crippen LogP contribution in [0.15, 0.2) is 59.4 Å². The van der Waals surface area contributed by atoms with Crippen LogP contribution in [0.5, 0.6) is 0 Å². The lowest BCUT2D eigenvalue weighted by Gasteiger charge is -2.13. The lowest BCUT2D eigenvalue weighted by Crippen LogP contribution is -2.23. The molecule has 2 N–H and O–H groups in total. The highest BCUT2D eigenvalue weighted by Gasteiger charge is 2.18. The van der Waals surface area contributed by atoms with Crippen LogP contribution >= 0.6 is 11.8 Å². The number of hydrogen-bond acceptors (Lipinski definition) is 4. The Hall–Kier alpha value is -3.50. The zero-order valence-corrected chi connectivity index (χ0v) is 17.4. The summed E-state index contributed by atoms with van der Waals surface area (Å²) in [6, 6.07) is 18.8. The number of aryl methyl sites for hydroxylation is 1. The van der Waals surface area contributed by atoms with Gasteiger partial charge < -0.3 is 10.3 Å². The number of carbonyl (C=O) groups excluding carboxylic acids is 1. The number of para-hydroxylation sites is 2. The molecule has 0 saturated heterocycles. The number of nitriles is 1. The minimum atomic E-state index is -0.348. The van der Waals surface area contributed by atoms with Gasteiger partial charge in [-0.15, -0.1) is 11.8 Å². The number of nitrogens with zero attached hydrogens (tertiary/aromatic N) is 2. The van der Waals surface area contributed by atoms with Crippen LogP contribution in [0.2, 0.25) is 0 Å². The van der Waals surface area contributed by atoms with Crippen molar-refractivity contribution in [3.8, 4) is 6.07 Å². The van der Waals surface area contributed by atoms with Crippen molar-refractivity contribution >= 4 is 40.0 Å². The number of aromatic nitrogens is 2.